The number of pyridine rings is 2. The number of rotatable bonds is 6. The lowest BCUT2D eigenvalue weighted by molar-refractivity contribution is -0.126. The molecule has 0 bridgehead atoms. The van der Waals surface area contributed by atoms with Crippen molar-refractivity contribution < 1.29 is 4.79 Å². The van der Waals surface area contributed by atoms with Gasteiger partial charge in [-0.15, -0.1) is 10.2 Å². The van der Waals surface area contributed by atoms with Crippen molar-refractivity contribution in [3.63, 3.8) is 0 Å². The molecule has 200 valence electrons. The summed E-state index contributed by atoms with van der Waals surface area (Å²) in [5.41, 5.74) is 3.09. The van der Waals surface area contributed by atoms with Gasteiger partial charge in [0.25, 0.3) is 0 Å². The molecule has 10 heteroatoms. The molecule has 4 unspecified atom stereocenters. The number of fused-ring (bicyclic) bond motifs is 1. The highest BCUT2D eigenvalue weighted by molar-refractivity contribution is 5.95. The van der Waals surface area contributed by atoms with Crippen molar-refractivity contribution in [1.29, 1.82) is 0 Å². The summed E-state index contributed by atoms with van der Waals surface area (Å²) in [5, 5.41) is 12.1. The van der Waals surface area contributed by atoms with Gasteiger partial charge in [0.2, 0.25) is 5.91 Å². The summed E-state index contributed by atoms with van der Waals surface area (Å²) in [5.74, 6) is 2.13. The molecule has 5 heterocycles. The zero-order valence-electron chi connectivity index (χ0n) is 22.3. The number of imidazole rings is 1. The topological polar surface area (TPSA) is 107 Å². The summed E-state index contributed by atoms with van der Waals surface area (Å²) < 4.78 is 4.25. The molecule has 3 fully saturated rings. The van der Waals surface area contributed by atoms with Gasteiger partial charge in [0.05, 0.1) is 24.6 Å². The highest BCUT2D eigenvalue weighted by Gasteiger charge is 2.46. The first kappa shape index (κ1) is 24.1. The number of carbonyl (C=O) groups is 1. The molecule has 1 N–H and O–H groups in total. The fourth-order valence-corrected chi connectivity index (χ4v) is 6.27. The number of hydrogen-bond acceptors (Lipinski definition) is 7. The quantitative estimate of drug-likeness (QED) is 0.406. The second kappa shape index (κ2) is 9.68. The first-order chi connectivity index (χ1) is 19.1. The van der Waals surface area contributed by atoms with Gasteiger partial charge in [0, 0.05) is 48.6 Å². The van der Waals surface area contributed by atoms with Gasteiger partial charge < -0.3 is 9.13 Å². The van der Waals surface area contributed by atoms with Crippen molar-refractivity contribution >= 4 is 11.7 Å². The number of nitrogens with one attached hydrogen (secondary N) is 1. The van der Waals surface area contributed by atoms with E-state index in [9.17, 15) is 4.79 Å². The van der Waals surface area contributed by atoms with E-state index in [4.69, 9.17) is 9.97 Å². The van der Waals surface area contributed by atoms with Crippen LogP contribution in [0.1, 0.15) is 74.7 Å². The van der Waals surface area contributed by atoms with Crippen LogP contribution >= 0.6 is 0 Å². The maximum Gasteiger partial charge on any atom is 0.234 e. The van der Waals surface area contributed by atoms with Crippen molar-refractivity contribution in [2.45, 2.75) is 69.5 Å². The summed E-state index contributed by atoms with van der Waals surface area (Å²) in [4.78, 5) is 29.8. The van der Waals surface area contributed by atoms with E-state index < -0.39 is 0 Å². The molecule has 7 rings (SSSR count). The van der Waals surface area contributed by atoms with Gasteiger partial charge in [-0.1, -0.05) is 12.1 Å². The van der Waals surface area contributed by atoms with Crippen LogP contribution in [0.25, 0.3) is 11.5 Å². The molecule has 0 aromatic carbocycles. The van der Waals surface area contributed by atoms with Gasteiger partial charge in [-0.3, -0.25) is 20.0 Å². The van der Waals surface area contributed by atoms with E-state index >= 15 is 0 Å². The number of aromatic nitrogens is 7. The van der Waals surface area contributed by atoms with Gasteiger partial charge in [0.15, 0.2) is 5.82 Å². The molecule has 2 saturated carbocycles. The first-order valence-corrected chi connectivity index (χ1v) is 13.9. The molecular formula is C29H33N9O. The Morgan fingerprint density at radius 3 is 2.74 bits per heavy atom. The Kier molecular flexibility index (Phi) is 5.99. The van der Waals surface area contributed by atoms with Crippen LogP contribution in [0.15, 0.2) is 61.6 Å². The van der Waals surface area contributed by atoms with E-state index in [0.717, 1.165) is 12.8 Å². The lowest BCUT2D eigenvalue weighted by Crippen LogP contribution is -2.60. The molecule has 39 heavy (non-hydrogen) atoms. The second-order valence-corrected chi connectivity index (χ2v) is 11.3. The monoisotopic (exact) mass is 523 g/mol. The van der Waals surface area contributed by atoms with Crippen LogP contribution < -0.4 is 10.2 Å². The number of hydrogen-bond donors (Lipinski definition) is 1. The van der Waals surface area contributed by atoms with Gasteiger partial charge in [-0.05, 0) is 63.3 Å². The normalized spacial score (nSPS) is 25.2. The molecule has 1 saturated heterocycles. The third-order valence-corrected chi connectivity index (χ3v) is 8.53. The van der Waals surface area contributed by atoms with E-state index in [1.165, 1.54) is 24.1 Å². The van der Waals surface area contributed by atoms with Gasteiger partial charge in [-0.25, -0.2) is 9.97 Å². The van der Waals surface area contributed by atoms with E-state index in [-0.39, 0.29) is 35.9 Å². The summed E-state index contributed by atoms with van der Waals surface area (Å²) >= 11 is 0. The standard InChI is InChI=1S/C29H33N9O/c1-18(2)37-17-33-35-28(37)23-6-3-7-27(34-23)38-16-32-24-11-21(20-5-4-10-30-13-20)26(12-22(24)29(38)39)36-14-25(31-15-36)19-8-9-19/h3-7,10,13-15,17-19,21-22,24,26,32H,8-9,11-12,16H2,1-2H3. The fraction of sp³-hybridized carbons (Fsp3) is 0.448. The zero-order chi connectivity index (χ0) is 26.5. The molecule has 1 amide bonds. The third kappa shape index (κ3) is 4.42. The minimum Gasteiger partial charge on any atom is -0.333 e. The van der Waals surface area contributed by atoms with E-state index in [1.54, 1.807) is 11.2 Å². The van der Waals surface area contributed by atoms with Crippen LogP contribution in [0, 0.1) is 5.92 Å². The van der Waals surface area contributed by atoms with Crippen LogP contribution in [0.5, 0.6) is 0 Å². The Morgan fingerprint density at radius 2 is 1.95 bits per heavy atom. The lowest BCUT2D eigenvalue weighted by atomic mass is 9.71. The van der Waals surface area contributed by atoms with Crippen molar-refractivity contribution in [2.75, 3.05) is 11.6 Å². The number of carbonyl (C=O) groups excluding carboxylic acids is 1. The summed E-state index contributed by atoms with van der Waals surface area (Å²) in [6.45, 7) is 4.59. The minimum absolute atomic E-state index is 0.0915. The van der Waals surface area contributed by atoms with Gasteiger partial charge in [0.1, 0.15) is 17.8 Å². The average Bonchev–Trinajstić information content (AvgIpc) is 3.48. The molecular weight excluding hydrogens is 490 g/mol. The second-order valence-electron chi connectivity index (χ2n) is 11.3. The Bertz CT molecular complexity index is 1470. The van der Waals surface area contributed by atoms with E-state index in [0.29, 0.717) is 29.9 Å². The molecule has 0 spiro atoms. The maximum absolute atomic E-state index is 14.1. The minimum atomic E-state index is -0.159. The predicted molar refractivity (Wildman–Crippen MR) is 146 cm³/mol. The van der Waals surface area contributed by atoms with Crippen molar-refractivity contribution in [1.82, 2.24) is 39.6 Å². The number of anilines is 1. The highest BCUT2D eigenvalue weighted by atomic mass is 16.2. The predicted octanol–water partition coefficient (Wildman–Crippen LogP) is 4.09. The van der Waals surface area contributed by atoms with Crippen LogP contribution in [-0.2, 0) is 4.79 Å². The Hall–Kier alpha value is -3.92. The summed E-state index contributed by atoms with van der Waals surface area (Å²) in [6, 6.07) is 10.3. The molecule has 0 radical (unpaired) electrons. The average molecular weight is 524 g/mol. The lowest BCUT2D eigenvalue weighted by Gasteiger charge is -2.46. The summed E-state index contributed by atoms with van der Waals surface area (Å²) in [7, 11) is 0. The molecule has 4 aromatic rings. The van der Waals surface area contributed by atoms with Gasteiger partial charge >= 0.3 is 0 Å². The molecule has 2 aliphatic carbocycles. The van der Waals surface area contributed by atoms with Crippen LogP contribution in [0.4, 0.5) is 5.82 Å². The van der Waals surface area contributed by atoms with E-state index in [2.05, 4.69) is 51.2 Å². The van der Waals surface area contributed by atoms with Crippen molar-refractivity contribution in [3.8, 4) is 11.5 Å². The van der Waals surface area contributed by atoms with Crippen LogP contribution in [0.2, 0.25) is 0 Å². The smallest absolute Gasteiger partial charge is 0.234 e. The number of nitrogens with zero attached hydrogens (tertiary/aromatic N) is 8. The van der Waals surface area contributed by atoms with Crippen LogP contribution in [-0.4, -0.2) is 52.9 Å². The number of amides is 1. The van der Waals surface area contributed by atoms with Gasteiger partial charge in [-0.2, -0.15) is 0 Å². The fourth-order valence-electron chi connectivity index (χ4n) is 6.27. The zero-order valence-corrected chi connectivity index (χ0v) is 22.3. The molecule has 4 aromatic heterocycles. The van der Waals surface area contributed by atoms with Crippen LogP contribution in [0.3, 0.4) is 0 Å². The maximum atomic E-state index is 14.1. The Morgan fingerprint density at radius 1 is 1.05 bits per heavy atom. The largest absolute Gasteiger partial charge is 0.333 e. The SMILES string of the molecule is CC(C)n1cnnc1-c1cccc(N2CNC3CC(c4cccnc4)C(n4cnc(C5CC5)c4)CC3C2=O)n1. The molecule has 10 nitrogen and oxygen atoms in total. The third-order valence-electron chi connectivity index (χ3n) is 8.53. The summed E-state index contributed by atoms with van der Waals surface area (Å²) in [6.07, 6.45) is 13.7. The van der Waals surface area contributed by atoms with Crippen molar-refractivity contribution in [3.05, 3.63) is 72.8 Å². The highest BCUT2D eigenvalue weighted by Crippen LogP contribution is 2.46. The van der Waals surface area contributed by atoms with E-state index in [1.807, 2.05) is 47.6 Å². The Balaban J connectivity index is 1.18. The van der Waals surface area contributed by atoms with Crippen molar-refractivity contribution in [2.24, 2.45) is 5.92 Å². The molecule has 3 aliphatic rings. The Labute approximate surface area is 227 Å². The molecule has 4 atom stereocenters. The molecule has 1 aliphatic heterocycles. The first-order valence-electron chi connectivity index (χ1n) is 13.9.